The predicted octanol–water partition coefficient (Wildman–Crippen LogP) is 3.90. The van der Waals surface area contributed by atoms with E-state index in [1.807, 2.05) is 23.7 Å². The van der Waals surface area contributed by atoms with Gasteiger partial charge in [0.15, 0.2) is 5.65 Å². The molecule has 0 amide bonds. The molecule has 0 atom stereocenters. The number of nitrogens with zero attached hydrogens (tertiary/aromatic N) is 3. The average molecular weight is 461 g/mol. The Labute approximate surface area is 196 Å². The van der Waals surface area contributed by atoms with Crippen molar-refractivity contribution in [2.45, 2.75) is 32.2 Å². The zero-order valence-electron chi connectivity index (χ0n) is 19.4. The summed E-state index contributed by atoms with van der Waals surface area (Å²) in [5.41, 5.74) is 3.50. The number of para-hydroxylation sites is 1. The molecular weight excluding hydrogens is 432 g/mol. The third-order valence-electron chi connectivity index (χ3n) is 6.63. The third-order valence-corrected chi connectivity index (χ3v) is 6.63. The van der Waals surface area contributed by atoms with Crippen molar-refractivity contribution in [3.05, 3.63) is 69.6 Å². The van der Waals surface area contributed by atoms with Gasteiger partial charge in [0.2, 0.25) is 0 Å². The van der Waals surface area contributed by atoms with Crippen LogP contribution in [0.25, 0.3) is 21.8 Å². The lowest BCUT2D eigenvalue weighted by molar-refractivity contribution is 0.0664. The van der Waals surface area contributed by atoms with E-state index in [4.69, 9.17) is 9.84 Å². The molecule has 1 saturated heterocycles. The van der Waals surface area contributed by atoms with Crippen LogP contribution in [0.15, 0.2) is 47.4 Å². The van der Waals surface area contributed by atoms with Crippen LogP contribution in [0, 0.1) is 6.92 Å². The van der Waals surface area contributed by atoms with Crippen LogP contribution in [0.4, 0.5) is 5.69 Å². The topological polar surface area (TPSA) is 98.4 Å². The van der Waals surface area contributed by atoms with Crippen LogP contribution in [0.3, 0.4) is 0 Å². The van der Waals surface area contributed by atoms with Crippen molar-refractivity contribution >= 4 is 33.5 Å². The largest absolute Gasteiger partial charge is 0.478 e. The van der Waals surface area contributed by atoms with Gasteiger partial charge in [-0.15, -0.1) is 0 Å². The van der Waals surface area contributed by atoms with Gasteiger partial charge in [-0.3, -0.25) is 14.0 Å². The van der Waals surface area contributed by atoms with Gasteiger partial charge in [0.25, 0.3) is 5.56 Å². The Hall–Kier alpha value is -3.65. The predicted molar refractivity (Wildman–Crippen MR) is 132 cm³/mol. The molecule has 0 bridgehead atoms. The number of rotatable bonds is 6. The zero-order chi connectivity index (χ0) is 23.8. The highest BCUT2D eigenvalue weighted by molar-refractivity contribution is 6.06. The van der Waals surface area contributed by atoms with Gasteiger partial charge in [0.05, 0.1) is 11.6 Å². The maximum Gasteiger partial charge on any atom is 0.337 e. The fourth-order valence-electron chi connectivity index (χ4n) is 4.92. The molecule has 0 saturated carbocycles. The lowest BCUT2D eigenvalue weighted by Gasteiger charge is -2.22. The van der Waals surface area contributed by atoms with Gasteiger partial charge >= 0.3 is 5.97 Å². The van der Waals surface area contributed by atoms with E-state index in [1.165, 1.54) is 0 Å². The van der Waals surface area contributed by atoms with Crippen molar-refractivity contribution in [2.24, 2.45) is 7.05 Å². The first-order valence-electron chi connectivity index (χ1n) is 11.6. The van der Waals surface area contributed by atoms with E-state index in [9.17, 15) is 14.7 Å². The van der Waals surface area contributed by atoms with Crippen LogP contribution < -0.4 is 10.9 Å². The summed E-state index contributed by atoms with van der Waals surface area (Å²) in [6, 6.07) is 11.2. The van der Waals surface area contributed by atoms with E-state index in [2.05, 4.69) is 17.6 Å². The molecule has 34 heavy (non-hydrogen) atoms. The van der Waals surface area contributed by atoms with Crippen LogP contribution in [-0.4, -0.2) is 45.2 Å². The summed E-state index contributed by atoms with van der Waals surface area (Å²) in [4.78, 5) is 24.8. The molecule has 176 valence electrons. The van der Waals surface area contributed by atoms with Gasteiger partial charge in [0.1, 0.15) is 0 Å². The molecule has 1 aliphatic rings. The van der Waals surface area contributed by atoms with Gasteiger partial charge in [0, 0.05) is 54.8 Å². The lowest BCUT2D eigenvalue weighted by atomic mass is 9.98. The summed E-state index contributed by atoms with van der Waals surface area (Å²) in [7, 11) is 1.78. The normalized spacial score (nSPS) is 14.6. The Kier molecular flexibility index (Phi) is 5.83. The Morgan fingerprint density at radius 2 is 1.97 bits per heavy atom. The first kappa shape index (κ1) is 22.2. The van der Waals surface area contributed by atoms with Crippen molar-refractivity contribution in [1.29, 1.82) is 0 Å². The van der Waals surface area contributed by atoms with E-state index in [-0.39, 0.29) is 17.2 Å². The maximum absolute atomic E-state index is 13.3. The number of carboxylic acids is 1. The minimum Gasteiger partial charge on any atom is -0.478 e. The number of nitrogens with one attached hydrogen (secondary N) is 1. The second-order valence-corrected chi connectivity index (χ2v) is 8.93. The monoisotopic (exact) mass is 460 g/mol. The number of ether oxygens (including phenoxy) is 1. The smallest absolute Gasteiger partial charge is 0.337 e. The number of carbonyl (C=O) groups is 1. The molecule has 1 aliphatic heterocycles. The molecule has 2 aromatic carbocycles. The summed E-state index contributed by atoms with van der Waals surface area (Å²) in [6.45, 7) is 3.96. The fourth-order valence-corrected chi connectivity index (χ4v) is 4.92. The number of aromatic nitrogens is 3. The average Bonchev–Trinajstić information content (AvgIpc) is 3.28. The third kappa shape index (κ3) is 3.94. The van der Waals surface area contributed by atoms with Gasteiger partial charge in [-0.05, 0) is 49.9 Å². The highest BCUT2D eigenvalue weighted by Crippen LogP contribution is 2.30. The highest BCUT2D eigenvalue weighted by atomic mass is 16.5. The minimum atomic E-state index is -0.963. The van der Waals surface area contributed by atoms with E-state index in [1.54, 1.807) is 29.8 Å². The number of aryl methyl sites for hydroxylation is 2. The number of pyridine rings is 1. The van der Waals surface area contributed by atoms with Gasteiger partial charge in [-0.2, -0.15) is 5.10 Å². The lowest BCUT2D eigenvalue weighted by Crippen LogP contribution is -2.20. The fraction of sp³-hybridized carbons (Fsp3) is 0.346. The van der Waals surface area contributed by atoms with Crippen LogP contribution in [0.2, 0.25) is 0 Å². The summed E-state index contributed by atoms with van der Waals surface area (Å²) in [5, 5.41) is 20.1. The SMILES string of the molecule is Cc1cc(CCNc2ccccc2C(=O)O)c2c(c1)c(=O)n(C)c1nn(C3CCOCC3)cc21. The van der Waals surface area contributed by atoms with Crippen molar-refractivity contribution < 1.29 is 14.6 Å². The molecule has 2 aromatic heterocycles. The van der Waals surface area contributed by atoms with E-state index in [0.29, 0.717) is 42.9 Å². The number of anilines is 1. The number of carboxylic acid groups (broad SMARTS) is 1. The zero-order valence-corrected chi connectivity index (χ0v) is 19.4. The molecule has 2 N–H and O–H groups in total. The Morgan fingerprint density at radius 1 is 1.21 bits per heavy atom. The van der Waals surface area contributed by atoms with Crippen LogP contribution >= 0.6 is 0 Å². The summed E-state index contributed by atoms with van der Waals surface area (Å²) >= 11 is 0. The second kappa shape index (κ2) is 8.95. The molecule has 3 heterocycles. The van der Waals surface area contributed by atoms with Crippen molar-refractivity contribution in [2.75, 3.05) is 25.1 Å². The highest BCUT2D eigenvalue weighted by Gasteiger charge is 2.21. The Morgan fingerprint density at radius 3 is 2.74 bits per heavy atom. The number of hydrogen-bond acceptors (Lipinski definition) is 5. The Bertz CT molecular complexity index is 1450. The molecule has 0 radical (unpaired) electrons. The second-order valence-electron chi connectivity index (χ2n) is 8.93. The summed E-state index contributed by atoms with van der Waals surface area (Å²) in [6.07, 6.45) is 4.51. The van der Waals surface area contributed by atoms with Gasteiger partial charge in [-0.25, -0.2) is 4.79 Å². The quantitative estimate of drug-likeness (QED) is 0.453. The summed E-state index contributed by atoms with van der Waals surface area (Å²) in [5.74, 6) is -0.963. The molecular formula is C26H28N4O4. The van der Waals surface area contributed by atoms with Crippen LogP contribution in [0.1, 0.15) is 40.4 Å². The first-order chi connectivity index (χ1) is 16.4. The van der Waals surface area contributed by atoms with E-state index in [0.717, 1.165) is 34.7 Å². The minimum absolute atomic E-state index is 0.0612. The number of hydrogen-bond donors (Lipinski definition) is 2. The molecule has 8 heteroatoms. The number of fused-ring (bicyclic) bond motifs is 3. The van der Waals surface area contributed by atoms with Gasteiger partial charge < -0.3 is 15.2 Å². The van der Waals surface area contributed by atoms with Crippen molar-refractivity contribution in [1.82, 2.24) is 14.3 Å². The number of aromatic carboxylic acids is 1. The molecule has 1 fully saturated rings. The van der Waals surface area contributed by atoms with Crippen molar-refractivity contribution in [3.8, 4) is 0 Å². The summed E-state index contributed by atoms with van der Waals surface area (Å²) < 4.78 is 9.14. The van der Waals surface area contributed by atoms with Gasteiger partial charge in [-0.1, -0.05) is 23.8 Å². The molecule has 5 rings (SSSR count). The first-order valence-corrected chi connectivity index (χ1v) is 11.6. The van der Waals surface area contributed by atoms with E-state index >= 15 is 0 Å². The van der Waals surface area contributed by atoms with Crippen LogP contribution in [0.5, 0.6) is 0 Å². The molecule has 4 aromatic rings. The molecule has 8 nitrogen and oxygen atoms in total. The van der Waals surface area contributed by atoms with E-state index < -0.39 is 5.97 Å². The molecule has 0 aliphatic carbocycles. The Balaban J connectivity index is 1.56. The standard InChI is InChI=1S/C26H28N4O4/c1-16-13-17(7-10-27-22-6-4-3-5-19(22)26(32)33)23-20(14-16)25(31)29(2)24-21(23)15-30(28-24)18-8-11-34-12-9-18/h3-6,13-15,18,27H,7-12H2,1-2H3,(H,32,33). The molecule has 0 unspecified atom stereocenters. The maximum atomic E-state index is 13.3. The molecule has 0 spiro atoms. The number of benzene rings is 2. The van der Waals surface area contributed by atoms with Crippen molar-refractivity contribution in [3.63, 3.8) is 0 Å². The van der Waals surface area contributed by atoms with Crippen LogP contribution in [-0.2, 0) is 18.2 Å².